The monoisotopic (exact) mass is 289 g/mol. The van der Waals surface area contributed by atoms with Crippen molar-refractivity contribution in [2.45, 2.75) is 6.61 Å². The molecule has 0 fully saturated rings. The number of ether oxygens (including phenoxy) is 1. The second-order valence-electron chi connectivity index (χ2n) is 4.27. The summed E-state index contributed by atoms with van der Waals surface area (Å²) >= 11 is 5.81. The van der Waals surface area contributed by atoms with E-state index in [0.29, 0.717) is 28.1 Å². The van der Waals surface area contributed by atoms with Crippen LogP contribution in [0.5, 0.6) is 5.75 Å². The molecule has 6 nitrogen and oxygen atoms in total. The van der Waals surface area contributed by atoms with Gasteiger partial charge in [-0.2, -0.15) is 5.10 Å². The molecule has 0 amide bonds. The molecule has 3 aromatic rings. The molecule has 0 spiro atoms. The summed E-state index contributed by atoms with van der Waals surface area (Å²) in [7, 11) is 1.80. The van der Waals surface area contributed by atoms with Crippen LogP contribution in [0.4, 0.5) is 5.82 Å². The summed E-state index contributed by atoms with van der Waals surface area (Å²) in [5.74, 6) is 1.60. The van der Waals surface area contributed by atoms with Gasteiger partial charge in [-0.3, -0.25) is 4.68 Å². The molecule has 2 N–H and O–H groups in total. The maximum atomic E-state index is 5.88. The van der Waals surface area contributed by atoms with Gasteiger partial charge < -0.3 is 10.5 Å². The van der Waals surface area contributed by atoms with Crippen molar-refractivity contribution in [3.05, 3.63) is 41.3 Å². The SMILES string of the molecule is Cn1ncc2c(N)nc(COc3ccc(Cl)cc3)nc21. The van der Waals surface area contributed by atoms with E-state index in [9.17, 15) is 0 Å². The zero-order valence-corrected chi connectivity index (χ0v) is 11.5. The number of halogens is 1. The maximum Gasteiger partial charge on any atom is 0.170 e. The number of fused-ring (bicyclic) bond motifs is 1. The molecule has 3 rings (SSSR count). The van der Waals surface area contributed by atoms with Gasteiger partial charge in [0, 0.05) is 12.1 Å². The zero-order chi connectivity index (χ0) is 14.1. The van der Waals surface area contributed by atoms with Crippen LogP contribution in [-0.2, 0) is 13.7 Å². The molecule has 0 saturated carbocycles. The molecule has 0 radical (unpaired) electrons. The number of aryl methyl sites for hydroxylation is 1. The third-order valence-electron chi connectivity index (χ3n) is 2.85. The lowest BCUT2D eigenvalue weighted by Crippen LogP contribution is -2.06. The van der Waals surface area contributed by atoms with Gasteiger partial charge in [-0.05, 0) is 24.3 Å². The topological polar surface area (TPSA) is 78.9 Å². The summed E-state index contributed by atoms with van der Waals surface area (Å²) in [5.41, 5.74) is 6.57. The predicted octanol–water partition coefficient (Wildman–Crippen LogP) is 2.18. The van der Waals surface area contributed by atoms with Gasteiger partial charge >= 0.3 is 0 Å². The second kappa shape index (κ2) is 4.97. The number of rotatable bonds is 3. The van der Waals surface area contributed by atoms with E-state index in [1.54, 1.807) is 42.2 Å². The molecular weight excluding hydrogens is 278 g/mol. The lowest BCUT2D eigenvalue weighted by molar-refractivity contribution is 0.296. The maximum absolute atomic E-state index is 5.88. The van der Waals surface area contributed by atoms with E-state index < -0.39 is 0 Å². The van der Waals surface area contributed by atoms with Crippen molar-refractivity contribution in [1.82, 2.24) is 19.7 Å². The molecular formula is C13H12ClN5O. The second-order valence-corrected chi connectivity index (χ2v) is 4.71. The molecule has 0 aliphatic heterocycles. The Morgan fingerprint density at radius 1 is 1.25 bits per heavy atom. The number of benzene rings is 1. The molecule has 0 aliphatic carbocycles. The normalized spacial score (nSPS) is 10.9. The fourth-order valence-electron chi connectivity index (χ4n) is 1.83. The first-order valence-electron chi connectivity index (χ1n) is 5.96. The molecule has 20 heavy (non-hydrogen) atoms. The Morgan fingerprint density at radius 2 is 2.00 bits per heavy atom. The molecule has 0 bridgehead atoms. The third-order valence-corrected chi connectivity index (χ3v) is 3.10. The minimum absolute atomic E-state index is 0.229. The Balaban J connectivity index is 1.83. The van der Waals surface area contributed by atoms with E-state index >= 15 is 0 Å². The smallest absolute Gasteiger partial charge is 0.170 e. The third kappa shape index (κ3) is 2.37. The van der Waals surface area contributed by atoms with E-state index in [2.05, 4.69) is 15.1 Å². The van der Waals surface area contributed by atoms with Crippen LogP contribution in [0.25, 0.3) is 11.0 Å². The van der Waals surface area contributed by atoms with Crippen molar-refractivity contribution >= 4 is 28.5 Å². The van der Waals surface area contributed by atoms with E-state index in [1.165, 1.54) is 0 Å². The van der Waals surface area contributed by atoms with Gasteiger partial charge in [-0.15, -0.1) is 0 Å². The van der Waals surface area contributed by atoms with Gasteiger partial charge in [0.15, 0.2) is 11.5 Å². The van der Waals surface area contributed by atoms with Crippen LogP contribution in [0, 0.1) is 0 Å². The van der Waals surface area contributed by atoms with E-state index in [0.717, 1.165) is 5.39 Å². The van der Waals surface area contributed by atoms with Crippen LogP contribution in [-0.4, -0.2) is 19.7 Å². The zero-order valence-electron chi connectivity index (χ0n) is 10.7. The lowest BCUT2D eigenvalue weighted by Gasteiger charge is -2.06. The first-order chi connectivity index (χ1) is 9.63. The van der Waals surface area contributed by atoms with Crippen molar-refractivity contribution in [3.8, 4) is 5.75 Å². The van der Waals surface area contributed by atoms with Gasteiger partial charge in [0.25, 0.3) is 0 Å². The van der Waals surface area contributed by atoms with Crippen LogP contribution >= 0.6 is 11.6 Å². The number of nitrogens with zero attached hydrogens (tertiary/aromatic N) is 4. The number of nitrogens with two attached hydrogens (primary N) is 1. The highest BCUT2D eigenvalue weighted by atomic mass is 35.5. The first kappa shape index (κ1) is 12.7. The van der Waals surface area contributed by atoms with Crippen molar-refractivity contribution in [1.29, 1.82) is 0 Å². The van der Waals surface area contributed by atoms with Gasteiger partial charge in [0.2, 0.25) is 0 Å². The summed E-state index contributed by atoms with van der Waals surface area (Å²) in [4.78, 5) is 8.60. The van der Waals surface area contributed by atoms with Crippen LogP contribution in [0.1, 0.15) is 5.82 Å². The molecule has 1 aromatic carbocycles. The average molecular weight is 290 g/mol. The molecule has 102 valence electrons. The van der Waals surface area contributed by atoms with Crippen LogP contribution in [0.15, 0.2) is 30.5 Å². The summed E-state index contributed by atoms with van der Waals surface area (Å²) in [6.07, 6.45) is 1.65. The van der Waals surface area contributed by atoms with Gasteiger partial charge in [0.05, 0.1) is 11.6 Å². The molecule has 0 aliphatic rings. The molecule has 0 unspecified atom stereocenters. The van der Waals surface area contributed by atoms with Crippen LogP contribution in [0.2, 0.25) is 5.02 Å². The fourth-order valence-corrected chi connectivity index (χ4v) is 1.96. The minimum Gasteiger partial charge on any atom is -0.486 e. The largest absolute Gasteiger partial charge is 0.486 e. The Morgan fingerprint density at radius 3 is 2.75 bits per heavy atom. The van der Waals surface area contributed by atoms with Crippen molar-refractivity contribution in [2.24, 2.45) is 7.05 Å². The van der Waals surface area contributed by atoms with Crippen molar-refractivity contribution < 1.29 is 4.74 Å². The van der Waals surface area contributed by atoms with Crippen molar-refractivity contribution in [2.75, 3.05) is 5.73 Å². The molecule has 2 heterocycles. The first-order valence-corrected chi connectivity index (χ1v) is 6.34. The Bertz CT molecular complexity index is 753. The number of hydrogen-bond donors (Lipinski definition) is 1. The molecule has 0 saturated heterocycles. The summed E-state index contributed by atoms with van der Waals surface area (Å²) in [6.45, 7) is 0.229. The van der Waals surface area contributed by atoms with Crippen LogP contribution in [0.3, 0.4) is 0 Å². The highest BCUT2D eigenvalue weighted by Crippen LogP contribution is 2.19. The summed E-state index contributed by atoms with van der Waals surface area (Å²) in [6, 6.07) is 7.09. The minimum atomic E-state index is 0.229. The van der Waals surface area contributed by atoms with E-state index in [1.807, 2.05) is 0 Å². The predicted molar refractivity (Wildman–Crippen MR) is 76.5 cm³/mol. The highest BCUT2D eigenvalue weighted by Gasteiger charge is 2.09. The average Bonchev–Trinajstić information content (AvgIpc) is 2.81. The van der Waals surface area contributed by atoms with Crippen LogP contribution < -0.4 is 10.5 Å². The highest BCUT2D eigenvalue weighted by molar-refractivity contribution is 6.30. The standard InChI is InChI=1S/C13H12ClN5O/c1-19-13-10(6-16-19)12(15)17-11(18-13)7-20-9-4-2-8(14)3-5-9/h2-6H,7H2,1H3,(H2,15,17,18). The van der Waals surface area contributed by atoms with Gasteiger partial charge in [0.1, 0.15) is 18.2 Å². The summed E-state index contributed by atoms with van der Waals surface area (Å²) in [5, 5.41) is 5.50. The van der Waals surface area contributed by atoms with Gasteiger partial charge in [-0.25, -0.2) is 9.97 Å². The number of aromatic nitrogens is 4. The number of hydrogen-bond acceptors (Lipinski definition) is 5. The number of nitrogen functional groups attached to an aromatic ring is 1. The summed E-state index contributed by atoms with van der Waals surface area (Å²) < 4.78 is 7.25. The molecule has 2 aromatic heterocycles. The Labute approximate surface area is 120 Å². The quantitative estimate of drug-likeness (QED) is 0.799. The van der Waals surface area contributed by atoms with Crippen molar-refractivity contribution in [3.63, 3.8) is 0 Å². The Hall–Kier alpha value is -2.34. The van der Waals surface area contributed by atoms with Gasteiger partial charge in [-0.1, -0.05) is 11.6 Å². The van der Waals surface area contributed by atoms with E-state index in [4.69, 9.17) is 22.1 Å². The molecule has 7 heteroatoms. The Kier molecular flexibility index (Phi) is 3.15. The van der Waals surface area contributed by atoms with E-state index in [-0.39, 0.29) is 6.61 Å². The fraction of sp³-hybridized carbons (Fsp3) is 0.154. The number of anilines is 1. The lowest BCUT2D eigenvalue weighted by atomic mass is 10.3. The molecule has 0 atom stereocenters.